The predicted molar refractivity (Wildman–Crippen MR) is 52.0 cm³/mol. The molecule has 0 nitrogen and oxygen atoms in total. The molecule has 66 valence electrons. The van der Waals surface area contributed by atoms with Gasteiger partial charge in [-0.2, -0.15) is 0 Å². The Morgan fingerprint density at radius 1 is 1.38 bits per heavy atom. The Morgan fingerprint density at radius 2 is 2.15 bits per heavy atom. The number of fused-ring (bicyclic) bond motifs is 1. The predicted octanol–water partition coefficient (Wildman–Crippen LogP) is 3.25. The highest BCUT2D eigenvalue weighted by Crippen LogP contribution is 2.33. The van der Waals surface area contributed by atoms with Crippen molar-refractivity contribution in [3.63, 3.8) is 0 Å². The maximum Gasteiger partial charge on any atom is 0.126 e. The van der Waals surface area contributed by atoms with Crippen LogP contribution < -0.4 is 0 Å². The number of halogens is 1. The highest BCUT2D eigenvalue weighted by Gasteiger charge is 2.18. The molecule has 0 N–H and O–H groups in total. The Kier molecular flexibility index (Phi) is 1.82. The molecule has 2 rings (SSSR count). The van der Waals surface area contributed by atoms with Gasteiger partial charge in [-0.15, -0.1) is 5.73 Å². The van der Waals surface area contributed by atoms with Gasteiger partial charge in [0.2, 0.25) is 0 Å². The molecule has 0 atom stereocenters. The van der Waals surface area contributed by atoms with Crippen molar-refractivity contribution < 1.29 is 4.39 Å². The van der Waals surface area contributed by atoms with Gasteiger partial charge in [0, 0.05) is 5.57 Å². The fraction of sp³-hybridized carbons (Fsp3) is 0.250. The Morgan fingerprint density at radius 3 is 2.85 bits per heavy atom. The molecular weight excluding hydrogens is 163 g/mol. The van der Waals surface area contributed by atoms with Crippen LogP contribution in [0.4, 0.5) is 4.39 Å². The fourth-order valence-electron chi connectivity index (χ4n) is 1.90. The van der Waals surface area contributed by atoms with Crippen molar-refractivity contribution in [2.45, 2.75) is 19.8 Å². The Bertz CT molecular complexity index is 409. The van der Waals surface area contributed by atoms with E-state index in [2.05, 4.69) is 12.3 Å². The standard InChI is InChI=1S/C12H11F/c1-3-9-4-5-10-8(2)12(13)7-6-11(9)10/h6-7H,1,4-5H2,2H3. The topological polar surface area (TPSA) is 0 Å². The average Bonchev–Trinajstić information content (AvgIpc) is 2.55. The van der Waals surface area contributed by atoms with E-state index in [9.17, 15) is 4.39 Å². The van der Waals surface area contributed by atoms with E-state index in [1.807, 2.05) is 13.0 Å². The Balaban J connectivity index is 2.70. The molecule has 0 saturated heterocycles. The van der Waals surface area contributed by atoms with Gasteiger partial charge in [-0.3, -0.25) is 0 Å². The van der Waals surface area contributed by atoms with Gasteiger partial charge in [-0.05, 0) is 42.5 Å². The van der Waals surface area contributed by atoms with Gasteiger partial charge in [-0.1, -0.05) is 12.6 Å². The summed E-state index contributed by atoms with van der Waals surface area (Å²) in [4.78, 5) is 0. The zero-order valence-electron chi connectivity index (χ0n) is 7.65. The minimum absolute atomic E-state index is 0.107. The molecule has 0 spiro atoms. The van der Waals surface area contributed by atoms with E-state index in [0.29, 0.717) is 0 Å². The van der Waals surface area contributed by atoms with E-state index in [1.165, 1.54) is 6.07 Å². The van der Waals surface area contributed by atoms with Crippen LogP contribution >= 0.6 is 0 Å². The largest absolute Gasteiger partial charge is 0.207 e. The Labute approximate surface area is 77.4 Å². The van der Waals surface area contributed by atoms with E-state index in [0.717, 1.165) is 35.1 Å². The fourth-order valence-corrected chi connectivity index (χ4v) is 1.90. The first-order chi connectivity index (χ1) is 6.24. The van der Waals surface area contributed by atoms with Gasteiger partial charge in [0.1, 0.15) is 5.82 Å². The van der Waals surface area contributed by atoms with Crippen molar-refractivity contribution in [1.82, 2.24) is 0 Å². The molecule has 13 heavy (non-hydrogen) atoms. The third-order valence-corrected chi connectivity index (χ3v) is 2.70. The second kappa shape index (κ2) is 2.86. The average molecular weight is 174 g/mol. The van der Waals surface area contributed by atoms with Gasteiger partial charge in [0.05, 0.1) is 0 Å². The molecule has 0 heterocycles. The van der Waals surface area contributed by atoms with Crippen LogP contribution in [0.25, 0.3) is 5.57 Å². The third kappa shape index (κ3) is 1.13. The molecule has 1 heteroatoms. The molecule has 1 aromatic carbocycles. The van der Waals surface area contributed by atoms with Crippen molar-refractivity contribution in [1.29, 1.82) is 0 Å². The molecule has 1 aliphatic carbocycles. The van der Waals surface area contributed by atoms with Crippen LogP contribution in [0, 0.1) is 12.7 Å². The van der Waals surface area contributed by atoms with Crippen LogP contribution in [0.2, 0.25) is 0 Å². The van der Waals surface area contributed by atoms with Gasteiger partial charge in [0.15, 0.2) is 0 Å². The van der Waals surface area contributed by atoms with Gasteiger partial charge < -0.3 is 0 Å². The molecule has 1 aliphatic rings. The van der Waals surface area contributed by atoms with Crippen molar-refractivity contribution in [2.75, 3.05) is 0 Å². The van der Waals surface area contributed by atoms with Crippen LogP contribution in [0.3, 0.4) is 0 Å². The van der Waals surface area contributed by atoms with Crippen LogP contribution in [-0.4, -0.2) is 0 Å². The van der Waals surface area contributed by atoms with Crippen LogP contribution in [0.5, 0.6) is 0 Å². The number of hydrogen-bond acceptors (Lipinski definition) is 0. The molecule has 0 bridgehead atoms. The second-order valence-corrected chi connectivity index (χ2v) is 3.35. The van der Waals surface area contributed by atoms with Gasteiger partial charge >= 0.3 is 0 Å². The summed E-state index contributed by atoms with van der Waals surface area (Å²) in [5.41, 5.74) is 7.08. The lowest BCUT2D eigenvalue weighted by molar-refractivity contribution is 0.616. The Hall–Kier alpha value is -1.33. The molecule has 0 radical (unpaired) electrons. The number of rotatable bonds is 0. The van der Waals surface area contributed by atoms with Gasteiger partial charge in [-0.25, -0.2) is 4.39 Å². The smallest absolute Gasteiger partial charge is 0.126 e. The highest BCUT2D eigenvalue weighted by atomic mass is 19.1. The first kappa shape index (κ1) is 8.28. The number of hydrogen-bond donors (Lipinski definition) is 0. The minimum Gasteiger partial charge on any atom is -0.207 e. The monoisotopic (exact) mass is 174 g/mol. The SMILES string of the molecule is C=C=C1CCc2c1ccc(F)c2C. The lowest BCUT2D eigenvalue weighted by Gasteiger charge is -2.03. The number of benzene rings is 1. The maximum atomic E-state index is 13.2. The lowest BCUT2D eigenvalue weighted by Crippen LogP contribution is -1.90. The first-order valence-corrected chi connectivity index (χ1v) is 4.41. The molecular formula is C12H11F. The number of allylic oxidation sites excluding steroid dienone is 1. The van der Waals surface area contributed by atoms with Crippen molar-refractivity contribution in [2.24, 2.45) is 0 Å². The zero-order chi connectivity index (χ0) is 9.42. The van der Waals surface area contributed by atoms with Crippen LogP contribution in [-0.2, 0) is 6.42 Å². The van der Waals surface area contributed by atoms with E-state index in [-0.39, 0.29) is 5.82 Å². The molecule has 0 amide bonds. The summed E-state index contributed by atoms with van der Waals surface area (Å²) in [6, 6.07) is 3.36. The van der Waals surface area contributed by atoms with Gasteiger partial charge in [0.25, 0.3) is 0 Å². The van der Waals surface area contributed by atoms with Crippen LogP contribution in [0.15, 0.2) is 24.4 Å². The zero-order valence-corrected chi connectivity index (χ0v) is 7.65. The van der Waals surface area contributed by atoms with Crippen molar-refractivity contribution in [3.8, 4) is 0 Å². The summed E-state index contributed by atoms with van der Waals surface area (Å²) >= 11 is 0. The minimum atomic E-state index is -0.107. The summed E-state index contributed by atoms with van der Waals surface area (Å²) in [6.07, 6.45) is 1.87. The third-order valence-electron chi connectivity index (χ3n) is 2.70. The summed E-state index contributed by atoms with van der Waals surface area (Å²) in [6.45, 7) is 5.47. The quantitative estimate of drug-likeness (QED) is 0.529. The molecule has 1 aromatic rings. The lowest BCUT2D eigenvalue weighted by atomic mass is 10.0. The molecule has 0 aromatic heterocycles. The highest BCUT2D eigenvalue weighted by molar-refractivity contribution is 5.72. The summed E-state index contributed by atoms with van der Waals surface area (Å²) in [5, 5.41) is 0. The summed E-state index contributed by atoms with van der Waals surface area (Å²) in [7, 11) is 0. The maximum absolute atomic E-state index is 13.2. The van der Waals surface area contributed by atoms with Crippen molar-refractivity contribution >= 4 is 5.57 Å². The second-order valence-electron chi connectivity index (χ2n) is 3.35. The van der Waals surface area contributed by atoms with E-state index in [4.69, 9.17) is 0 Å². The molecule has 0 saturated carbocycles. The van der Waals surface area contributed by atoms with Crippen LogP contribution in [0.1, 0.15) is 23.1 Å². The summed E-state index contributed by atoms with van der Waals surface area (Å²) in [5.74, 6) is -0.107. The normalized spacial score (nSPS) is 14.2. The van der Waals surface area contributed by atoms with E-state index < -0.39 is 0 Å². The first-order valence-electron chi connectivity index (χ1n) is 4.41. The molecule has 0 fully saturated rings. The summed E-state index contributed by atoms with van der Waals surface area (Å²) < 4.78 is 13.2. The molecule has 0 unspecified atom stereocenters. The van der Waals surface area contributed by atoms with E-state index >= 15 is 0 Å². The molecule has 0 aliphatic heterocycles. The van der Waals surface area contributed by atoms with E-state index in [1.54, 1.807) is 0 Å². The van der Waals surface area contributed by atoms with Crippen molar-refractivity contribution in [3.05, 3.63) is 47.0 Å².